The predicted octanol–water partition coefficient (Wildman–Crippen LogP) is 4.53. The standard InChI is InChI=1S/C23H19BrN2O3/c1-3-13-28-21-12-11-19(24)14-18(21)15-25-26-23(27)16(2)29-22-10-6-8-17-7-4-5-9-20(17)22/h1,4-12,14-16H,13H2,2H3,(H,26,27)/b25-15-/t16-/m0/s1. The summed E-state index contributed by atoms with van der Waals surface area (Å²) >= 11 is 3.40. The van der Waals surface area contributed by atoms with E-state index in [0.717, 1.165) is 15.2 Å². The largest absolute Gasteiger partial charge is 0.480 e. The molecule has 1 atom stereocenters. The van der Waals surface area contributed by atoms with E-state index in [-0.39, 0.29) is 12.5 Å². The summed E-state index contributed by atoms with van der Waals surface area (Å²) in [6.45, 7) is 1.82. The van der Waals surface area contributed by atoms with Crippen LogP contribution in [-0.4, -0.2) is 24.8 Å². The number of halogens is 1. The van der Waals surface area contributed by atoms with Crippen LogP contribution >= 0.6 is 15.9 Å². The van der Waals surface area contributed by atoms with Gasteiger partial charge < -0.3 is 9.47 Å². The van der Waals surface area contributed by atoms with Gasteiger partial charge in [0.25, 0.3) is 5.91 Å². The lowest BCUT2D eigenvalue weighted by molar-refractivity contribution is -0.127. The zero-order valence-corrected chi connectivity index (χ0v) is 17.3. The van der Waals surface area contributed by atoms with E-state index in [1.165, 1.54) is 6.21 Å². The van der Waals surface area contributed by atoms with Gasteiger partial charge in [0.2, 0.25) is 0 Å². The SMILES string of the molecule is C#CCOc1ccc(Br)cc1/C=N\NC(=O)[C@H](C)Oc1cccc2ccccc12. The van der Waals surface area contributed by atoms with Crippen LogP contribution in [0.25, 0.3) is 10.8 Å². The zero-order valence-electron chi connectivity index (χ0n) is 15.8. The number of hydrogen-bond acceptors (Lipinski definition) is 4. The summed E-state index contributed by atoms with van der Waals surface area (Å²) in [6, 6.07) is 19.0. The second kappa shape index (κ2) is 9.76. The van der Waals surface area contributed by atoms with Gasteiger partial charge in [0.05, 0.1) is 6.21 Å². The van der Waals surface area contributed by atoms with Crippen LogP contribution in [0.3, 0.4) is 0 Å². The molecule has 3 aromatic carbocycles. The van der Waals surface area contributed by atoms with Gasteiger partial charge in [-0.3, -0.25) is 4.79 Å². The van der Waals surface area contributed by atoms with E-state index < -0.39 is 6.10 Å². The van der Waals surface area contributed by atoms with Crippen LogP contribution in [0, 0.1) is 12.3 Å². The molecule has 0 aliphatic carbocycles. The highest BCUT2D eigenvalue weighted by Crippen LogP contribution is 2.26. The third kappa shape index (κ3) is 5.37. The number of amides is 1. The number of terminal acetylenes is 1. The highest BCUT2D eigenvalue weighted by atomic mass is 79.9. The molecule has 0 aliphatic heterocycles. The Morgan fingerprint density at radius 1 is 1.21 bits per heavy atom. The molecule has 3 rings (SSSR count). The average molecular weight is 451 g/mol. The Hall–Kier alpha value is -3.30. The molecule has 0 radical (unpaired) electrons. The summed E-state index contributed by atoms with van der Waals surface area (Å²) in [5, 5.41) is 6.01. The smallest absolute Gasteiger partial charge is 0.280 e. The van der Waals surface area contributed by atoms with E-state index >= 15 is 0 Å². The molecule has 0 bridgehead atoms. The molecule has 0 fully saturated rings. The Kier molecular flexibility index (Phi) is 6.88. The fourth-order valence-corrected chi connectivity index (χ4v) is 3.05. The molecule has 5 nitrogen and oxygen atoms in total. The molecule has 29 heavy (non-hydrogen) atoms. The molecule has 3 aromatic rings. The van der Waals surface area contributed by atoms with Gasteiger partial charge in [-0.05, 0) is 36.6 Å². The molecule has 0 heterocycles. The molecule has 0 spiro atoms. The molecular formula is C23H19BrN2O3. The van der Waals surface area contributed by atoms with Crippen molar-refractivity contribution in [3.8, 4) is 23.8 Å². The number of ether oxygens (including phenoxy) is 2. The maximum atomic E-state index is 12.4. The van der Waals surface area contributed by atoms with Gasteiger partial charge in [-0.15, -0.1) is 6.42 Å². The van der Waals surface area contributed by atoms with Crippen LogP contribution in [0.15, 0.2) is 70.2 Å². The van der Waals surface area contributed by atoms with Gasteiger partial charge in [0.15, 0.2) is 6.10 Å². The van der Waals surface area contributed by atoms with E-state index in [0.29, 0.717) is 17.1 Å². The number of nitrogens with zero attached hydrogens (tertiary/aromatic N) is 1. The number of hydrogen-bond donors (Lipinski definition) is 1. The van der Waals surface area contributed by atoms with Gasteiger partial charge in [-0.2, -0.15) is 5.10 Å². The molecule has 0 unspecified atom stereocenters. The van der Waals surface area contributed by atoms with Crippen LogP contribution in [0.4, 0.5) is 0 Å². The van der Waals surface area contributed by atoms with Crippen molar-refractivity contribution < 1.29 is 14.3 Å². The van der Waals surface area contributed by atoms with E-state index in [2.05, 4.69) is 32.4 Å². The van der Waals surface area contributed by atoms with Gasteiger partial charge in [-0.1, -0.05) is 58.2 Å². The number of carbonyl (C=O) groups excluding carboxylic acids is 1. The molecule has 0 aromatic heterocycles. The molecular weight excluding hydrogens is 432 g/mol. The second-order valence-corrected chi connectivity index (χ2v) is 7.06. The minimum Gasteiger partial charge on any atom is -0.480 e. The van der Waals surface area contributed by atoms with E-state index in [9.17, 15) is 4.79 Å². The van der Waals surface area contributed by atoms with Crippen LogP contribution in [-0.2, 0) is 4.79 Å². The quantitative estimate of drug-likeness (QED) is 0.326. The van der Waals surface area contributed by atoms with Crippen molar-refractivity contribution in [2.75, 3.05) is 6.61 Å². The number of nitrogens with one attached hydrogen (secondary N) is 1. The summed E-state index contributed by atoms with van der Waals surface area (Å²) < 4.78 is 12.2. The molecule has 1 amide bonds. The lowest BCUT2D eigenvalue weighted by Gasteiger charge is -2.14. The van der Waals surface area contributed by atoms with Crippen LogP contribution in [0.2, 0.25) is 0 Å². The van der Waals surface area contributed by atoms with Crippen molar-refractivity contribution >= 4 is 38.8 Å². The van der Waals surface area contributed by atoms with Gasteiger partial charge in [0.1, 0.15) is 18.1 Å². The summed E-state index contributed by atoms with van der Waals surface area (Å²) in [5.41, 5.74) is 3.17. The second-order valence-electron chi connectivity index (χ2n) is 6.15. The van der Waals surface area contributed by atoms with Crippen LogP contribution in [0.5, 0.6) is 11.5 Å². The monoisotopic (exact) mass is 450 g/mol. The minimum absolute atomic E-state index is 0.144. The molecule has 0 saturated heterocycles. The average Bonchev–Trinajstić information content (AvgIpc) is 2.73. The first-order chi connectivity index (χ1) is 14.1. The number of benzene rings is 3. The number of fused-ring (bicyclic) bond motifs is 1. The van der Waals surface area contributed by atoms with Crippen molar-refractivity contribution in [2.24, 2.45) is 5.10 Å². The van der Waals surface area contributed by atoms with Crippen molar-refractivity contribution in [2.45, 2.75) is 13.0 Å². The molecule has 0 saturated carbocycles. The predicted molar refractivity (Wildman–Crippen MR) is 118 cm³/mol. The van der Waals surface area contributed by atoms with E-state index in [1.807, 2.05) is 54.6 Å². The Labute approximate surface area is 177 Å². The molecule has 6 heteroatoms. The van der Waals surface area contributed by atoms with Crippen LogP contribution < -0.4 is 14.9 Å². The Morgan fingerprint density at radius 2 is 2.00 bits per heavy atom. The Morgan fingerprint density at radius 3 is 2.83 bits per heavy atom. The number of hydrazone groups is 1. The van der Waals surface area contributed by atoms with E-state index in [1.54, 1.807) is 13.0 Å². The van der Waals surface area contributed by atoms with Crippen LogP contribution in [0.1, 0.15) is 12.5 Å². The summed E-state index contributed by atoms with van der Waals surface area (Å²) in [7, 11) is 0. The van der Waals surface area contributed by atoms with Gasteiger partial charge in [0, 0.05) is 15.4 Å². The van der Waals surface area contributed by atoms with Crippen molar-refractivity contribution in [1.29, 1.82) is 0 Å². The Bertz CT molecular complexity index is 1080. The normalized spacial score (nSPS) is 11.8. The summed E-state index contributed by atoms with van der Waals surface area (Å²) in [6.07, 6.45) is 6.01. The van der Waals surface area contributed by atoms with Gasteiger partial charge in [-0.25, -0.2) is 5.43 Å². The highest BCUT2D eigenvalue weighted by molar-refractivity contribution is 9.10. The molecule has 146 valence electrons. The fraction of sp³-hybridized carbons (Fsp3) is 0.130. The van der Waals surface area contributed by atoms with Crippen molar-refractivity contribution in [3.63, 3.8) is 0 Å². The summed E-state index contributed by atoms with van der Waals surface area (Å²) in [4.78, 5) is 12.4. The topological polar surface area (TPSA) is 59.9 Å². The third-order valence-corrected chi connectivity index (χ3v) is 4.58. The number of carbonyl (C=O) groups is 1. The maximum absolute atomic E-state index is 12.4. The van der Waals surface area contributed by atoms with Gasteiger partial charge >= 0.3 is 0 Å². The lowest BCUT2D eigenvalue weighted by Crippen LogP contribution is -2.33. The maximum Gasteiger partial charge on any atom is 0.280 e. The first kappa shape index (κ1) is 20.4. The first-order valence-corrected chi connectivity index (χ1v) is 9.71. The van der Waals surface area contributed by atoms with Crippen molar-refractivity contribution in [1.82, 2.24) is 5.43 Å². The molecule has 0 aliphatic rings. The summed E-state index contributed by atoms with van der Waals surface area (Å²) in [5.74, 6) is 3.27. The van der Waals surface area contributed by atoms with E-state index in [4.69, 9.17) is 15.9 Å². The third-order valence-electron chi connectivity index (χ3n) is 4.08. The fourth-order valence-electron chi connectivity index (χ4n) is 2.67. The Balaban J connectivity index is 1.66. The number of rotatable bonds is 7. The lowest BCUT2D eigenvalue weighted by atomic mass is 10.1. The highest BCUT2D eigenvalue weighted by Gasteiger charge is 2.15. The zero-order chi connectivity index (χ0) is 20.6. The first-order valence-electron chi connectivity index (χ1n) is 8.91. The minimum atomic E-state index is -0.724. The van der Waals surface area contributed by atoms with Crippen molar-refractivity contribution in [3.05, 3.63) is 70.7 Å². The molecule has 1 N–H and O–H groups in total.